The number of hydrogen-bond donors (Lipinski definition) is 2. The third-order valence-corrected chi connectivity index (χ3v) is 3.78. The second-order valence-corrected chi connectivity index (χ2v) is 4.95. The molecule has 1 atom stereocenters. The number of aryl methyl sites for hydroxylation is 1. The molecular formula is C17H18N4. The van der Waals surface area contributed by atoms with E-state index < -0.39 is 0 Å². The summed E-state index contributed by atoms with van der Waals surface area (Å²) >= 11 is 0. The van der Waals surface area contributed by atoms with E-state index in [0.29, 0.717) is 0 Å². The van der Waals surface area contributed by atoms with E-state index in [1.807, 2.05) is 30.6 Å². The fourth-order valence-corrected chi connectivity index (χ4v) is 2.71. The summed E-state index contributed by atoms with van der Waals surface area (Å²) in [4.78, 5) is 8.78. The fraction of sp³-hybridized carbons (Fsp3) is 0.176. The van der Waals surface area contributed by atoms with Gasteiger partial charge in [0.1, 0.15) is 0 Å². The van der Waals surface area contributed by atoms with Crippen LogP contribution in [0.1, 0.15) is 29.8 Å². The number of pyridine rings is 2. The molecule has 2 aromatic heterocycles. The van der Waals surface area contributed by atoms with Gasteiger partial charge in [-0.1, -0.05) is 31.2 Å². The predicted molar refractivity (Wildman–Crippen MR) is 84.5 cm³/mol. The number of nitrogens with one attached hydrogen (secondary N) is 1. The van der Waals surface area contributed by atoms with Crippen LogP contribution in [0.5, 0.6) is 0 Å². The largest absolute Gasteiger partial charge is 0.271 e. The Hall–Kier alpha value is -2.30. The zero-order chi connectivity index (χ0) is 14.7. The molecule has 3 N–H and O–H groups in total. The Labute approximate surface area is 124 Å². The van der Waals surface area contributed by atoms with Gasteiger partial charge >= 0.3 is 0 Å². The van der Waals surface area contributed by atoms with Crippen molar-refractivity contribution in [2.24, 2.45) is 5.84 Å². The molecule has 0 amide bonds. The first-order chi connectivity index (χ1) is 10.3. The van der Waals surface area contributed by atoms with Gasteiger partial charge in [-0.25, -0.2) is 5.43 Å². The van der Waals surface area contributed by atoms with E-state index >= 15 is 0 Å². The van der Waals surface area contributed by atoms with Gasteiger partial charge in [0.25, 0.3) is 0 Å². The number of aromatic nitrogens is 2. The summed E-state index contributed by atoms with van der Waals surface area (Å²) in [6.45, 7) is 2.12. The maximum absolute atomic E-state index is 5.84. The van der Waals surface area contributed by atoms with Gasteiger partial charge in [0, 0.05) is 24.0 Å². The van der Waals surface area contributed by atoms with Crippen LogP contribution >= 0.6 is 0 Å². The molecule has 0 fully saturated rings. The fourth-order valence-electron chi connectivity index (χ4n) is 2.71. The average Bonchev–Trinajstić information content (AvgIpc) is 2.56. The highest BCUT2D eigenvalue weighted by atomic mass is 15.2. The maximum atomic E-state index is 5.84. The summed E-state index contributed by atoms with van der Waals surface area (Å²) in [5, 5.41) is 2.24. The van der Waals surface area contributed by atoms with E-state index in [-0.39, 0.29) is 6.04 Å². The first-order valence-corrected chi connectivity index (χ1v) is 7.07. The lowest BCUT2D eigenvalue weighted by molar-refractivity contribution is 0.618. The van der Waals surface area contributed by atoms with Crippen molar-refractivity contribution in [1.29, 1.82) is 0 Å². The molecule has 0 aliphatic heterocycles. The lowest BCUT2D eigenvalue weighted by Crippen LogP contribution is -2.30. The molecule has 0 saturated heterocycles. The van der Waals surface area contributed by atoms with Crippen molar-refractivity contribution in [2.75, 3.05) is 0 Å². The topological polar surface area (TPSA) is 63.8 Å². The first kappa shape index (κ1) is 13.7. The summed E-state index contributed by atoms with van der Waals surface area (Å²) < 4.78 is 0. The summed E-state index contributed by atoms with van der Waals surface area (Å²) in [5.74, 6) is 5.84. The van der Waals surface area contributed by atoms with Crippen LogP contribution in [-0.4, -0.2) is 9.97 Å². The smallest absolute Gasteiger partial charge is 0.0890 e. The van der Waals surface area contributed by atoms with Crippen LogP contribution in [0.15, 0.2) is 55.0 Å². The zero-order valence-corrected chi connectivity index (χ0v) is 12.0. The normalized spacial score (nSPS) is 12.5. The van der Waals surface area contributed by atoms with Crippen molar-refractivity contribution < 1.29 is 0 Å². The molecule has 106 valence electrons. The van der Waals surface area contributed by atoms with E-state index in [0.717, 1.165) is 28.5 Å². The van der Waals surface area contributed by atoms with Crippen LogP contribution < -0.4 is 11.3 Å². The number of hydrazine groups is 1. The summed E-state index contributed by atoms with van der Waals surface area (Å²) in [5.41, 5.74) is 6.17. The Morgan fingerprint density at radius 1 is 1.14 bits per heavy atom. The van der Waals surface area contributed by atoms with E-state index in [4.69, 9.17) is 5.84 Å². The third kappa shape index (κ3) is 2.51. The molecule has 3 rings (SSSR count). The predicted octanol–water partition coefficient (Wildman–Crippen LogP) is 2.74. The molecule has 0 aliphatic rings. The van der Waals surface area contributed by atoms with Gasteiger partial charge in [-0.05, 0) is 35.1 Å². The van der Waals surface area contributed by atoms with Crippen LogP contribution in [0.25, 0.3) is 10.8 Å². The Bertz CT molecular complexity index is 749. The number of nitrogens with two attached hydrogens (primary N) is 1. The molecule has 21 heavy (non-hydrogen) atoms. The second kappa shape index (κ2) is 5.99. The number of nitrogens with zero attached hydrogens (tertiary/aromatic N) is 2. The number of fused-ring (bicyclic) bond motifs is 1. The molecule has 0 radical (unpaired) electrons. The van der Waals surface area contributed by atoms with Gasteiger partial charge in [-0.2, -0.15) is 0 Å². The highest BCUT2D eigenvalue weighted by Gasteiger charge is 2.18. The Morgan fingerprint density at radius 2 is 2.05 bits per heavy atom. The van der Waals surface area contributed by atoms with Crippen molar-refractivity contribution in [3.63, 3.8) is 0 Å². The Balaban J connectivity index is 2.19. The van der Waals surface area contributed by atoms with Gasteiger partial charge < -0.3 is 0 Å². The van der Waals surface area contributed by atoms with Gasteiger partial charge in [0.15, 0.2) is 0 Å². The minimum atomic E-state index is -0.144. The van der Waals surface area contributed by atoms with Crippen LogP contribution in [-0.2, 0) is 6.42 Å². The van der Waals surface area contributed by atoms with Crippen LogP contribution in [0, 0.1) is 0 Å². The number of hydrogen-bond acceptors (Lipinski definition) is 4. The summed E-state index contributed by atoms with van der Waals surface area (Å²) in [6, 6.07) is 12.1. The van der Waals surface area contributed by atoms with E-state index in [2.05, 4.69) is 40.5 Å². The van der Waals surface area contributed by atoms with Crippen molar-refractivity contribution in [2.45, 2.75) is 19.4 Å². The molecule has 3 aromatic rings. The van der Waals surface area contributed by atoms with Gasteiger partial charge in [0.05, 0.1) is 11.7 Å². The van der Waals surface area contributed by atoms with Crippen LogP contribution in [0.4, 0.5) is 0 Å². The van der Waals surface area contributed by atoms with Crippen molar-refractivity contribution >= 4 is 10.8 Å². The highest BCUT2D eigenvalue weighted by Crippen LogP contribution is 2.28. The molecule has 4 heteroatoms. The quantitative estimate of drug-likeness (QED) is 0.569. The maximum Gasteiger partial charge on any atom is 0.0890 e. The first-order valence-electron chi connectivity index (χ1n) is 7.07. The van der Waals surface area contributed by atoms with Crippen LogP contribution in [0.3, 0.4) is 0 Å². The molecule has 0 bridgehead atoms. The number of rotatable bonds is 4. The molecule has 0 saturated carbocycles. The third-order valence-electron chi connectivity index (χ3n) is 3.78. The van der Waals surface area contributed by atoms with E-state index in [1.54, 1.807) is 6.20 Å². The monoisotopic (exact) mass is 278 g/mol. The SMILES string of the molecule is CCc1cccnc1C(NN)c1cccc2ccncc12. The van der Waals surface area contributed by atoms with Crippen molar-refractivity contribution in [3.05, 3.63) is 71.8 Å². The minimum absolute atomic E-state index is 0.144. The van der Waals surface area contributed by atoms with Gasteiger partial charge in [-0.3, -0.25) is 15.8 Å². The molecule has 4 nitrogen and oxygen atoms in total. The second-order valence-electron chi connectivity index (χ2n) is 4.95. The number of benzene rings is 1. The molecule has 0 spiro atoms. The van der Waals surface area contributed by atoms with Crippen molar-refractivity contribution in [1.82, 2.24) is 15.4 Å². The zero-order valence-electron chi connectivity index (χ0n) is 12.0. The molecule has 0 aliphatic carbocycles. The Morgan fingerprint density at radius 3 is 2.86 bits per heavy atom. The Kier molecular flexibility index (Phi) is 3.90. The van der Waals surface area contributed by atoms with Crippen LogP contribution in [0.2, 0.25) is 0 Å². The summed E-state index contributed by atoms with van der Waals surface area (Å²) in [7, 11) is 0. The standard InChI is InChI=1S/C17H18N4/c1-2-12-6-4-9-20-16(12)17(21-18)14-7-3-5-13-8-10-19-11-15(13)14/h3-11,17,21H,2,18H2,1H3. The highest BCUT2D eigenvalue weighted by molar-refractivity contribution is 5.85. The van der Waals surface area contributed by atoms with Gasteiger partial charge in [-0.15, -0.1) is 0 Å². The lowest BCUT2D eigenvalue weighted by atomic mass is 9.95. The van der Waals surface area contributed by atoms with Crippen molar-refractivity contribution in [3.8, 4) is 0 Å². The minimum Gasteiger partial charge on any atom is -0.271 e. The lowest BCUT2D eigenvalue weighted by Gasteiger charge is -2.20. The van der Waals surface area contributed by atoms with E-state index in [9.17, 15) is 0 Å². The molecule has 1 aromatic carbocycles. The van der Waals surface area contributed by atoms with E-state index in [1.165, 1.54) is 5.56 Å². The average molecular weight is 278 g/mol. The molecule has 2 heterocycles. The summed E-state index contributed by atoms with van der Waals surface area (Å²) in [6.07, 6.45) is 6.41. The molecular weight excluding hydrogens is 260 g/mol. The van der Waals surface area contributed by atoms with Gasteiger partial charge in [0.2, 0.25) is 0 Å². The molecule has 1 unspecified atom stereocenters.